The third kappa shape index (κ3) is 4.94. The maximum Gasteiger partial charge on any atom is 0.220 e. The summed E-state index contributed by atoms with van der Waals surface area (Å²) < 4.78 is 2.14. The van der Waals surface area contributed by atoms with E-state index in [0.29, 0.717) is 19.4 Å². The van der Waals surface area contributed by atoms with Crippen LogP contribution in [0.4, 0.5) is 5.82 Å². The lowest BCUT2D eigenvalue weighted by Gasteiger charge is -2.33. The van der Waals surface area contributed by atoms with Gasteiger partial charge in [-0.15, -0.1) is 0 Å². The van der Waals surface area contributed by atoms with Gasteiger partial charge in [0.1, 0.15) is 11.6 Å². The van der Waals surface area contributed by atoms with Crippen LogP contribution in [0, 0.1) is 0 Å². The molecule has 174 valence electrons. The zero-order chi connectivity index (χ0) is 23.3. The van der Waals surface area contributed by atoms with Gasteiger partial charge >= 0.3 is 0 Å². The number of fused-ring (bicyclic) bond motifs is 1. The number of amides is 1. The van der Waals surface area contributed by atoms with E-state index in [1.807, 2.05) is 42.6 Å². The molecule has 2 aromatic heterocycles. The minimum Gasteiger partial charge on any atom is -0.354 e. The van der Waals surface area contributed by atoms with Crippen LogP contribution in [-0.4, -0.2) is 58.6 Å². The van der Waals surface area contributed by atoms with E-state index in [1.54, 1.807) is 0 Å². The van der Waals surface area contributed by atoms with E-state index in [2.05, 4.69) is 62.0 Å². The Balaban J connectivity index is 1.19. The molecule has 0 atom stereocenters. The molecule has 0 saturated carbocycles. The molecule has 7 nitrogen and oxygen atoms in total. The van der Waals surface area contributed by atoms with Crippen LogP contribution in [0.3, 0.4) is 0 Å². The van der Waals surface area contributed by atoms with E-state index in [1.165, 1.54) is 0 Å². The molecule has 0 aliphatic carbocycles. The van der Waals surface area contributed by atoms with Crippen molar-refractivity contribution in [3.63, 3.8) is 0 Å². The second-order valence-corrected chi connectivity index (χ2v) is 8.78. The van der Waals surface area contributed by atoms with Gasteiger partial charge in [-0.3, -0.25) is 9.36 Å². The first-order chi connectivity index (χ1) is 16.7. The lowest BCUT2D eigenvalue weighted by atomic mass is 10.2. The van der Waals surface area contributed by atoms with Gasteiger partial charge in [-0.25, -0.2) is 9.97 Å². The van der Waals surface area contributed by atoms with Crippen LogP contribution in [-0.2, 0) is 17.8 Å². The van der Waals surface area contributed by atoms with Crippen molar-refractivity contribution in [2.45, 2.75) is 19.4 Å². The van der Waals surface area contributed by atoms with Gasteiger partial charge in [0.05, 0.1) is 11.0 Å². The molecular formula is C27H30N6O. The zero-order valence-corrected chi connectivity index (χ0v) is 19.5. The summed E-state index contributed by atoms with van der Waals surface area (Å²) in [6.45, 7) is 4.57. The highest BCUT2D eigenvalue weighted by molar-refractivity contribution is 5.79. The van der Waals surface area contributed by atoms with Crippen LogP contribution < -0.4 is 10.2 Å². The molecule has 2 aromatic carbocycles. The molecule has 3 heterocycles. The van der Waals surface area contributed by atoms with Crippen molar-refractivity contribution in [3.8, 4) is 5.69 Å². The lowest BCUT2D eigenvalue weighted by molar-refractivity contribution is -0.121. The molecule has 1 saturated heterocycles. The van der Waals surface area contributed by atoms with Crippen LogP contribution in [0.25, 0.3) is 16.7 Å². The Kier molecular flexibility index (Phi) is 6.53. The number of piperazine rings is 1. The second kappa shape index (κ2) is 10.1. The molecule has 1 aliphatic rings. The summed E-state index contributed by atoms with van der Waals surface area (Å²) in [5, 5.41) is 3.03. The maximum absolute atomic E-state index is 12.6. The summed E-state index contributed by atoms with van der Waals surface area (Å²) in [5.41, 5.74) is 4.05. The van der Waals surface area contributed by atoms with Crippen molar-refractivity contribution >= 4 is 22.8 Å². The first kappa shape index (κ1) is 22.1. The molecule has 7 heteroatoms. The second-order valence-electron chi connectivity index (χ2n) is 8.78. The quantitative estimate of drug-likeness (QED) is 0.464. The number of rotatable bonds is 7. The number of hydrogen-bond acceptors (Lipinski definition) is 5. The van der Waals surface area contributed by atoms with Crippen molar-refractivity contribution in [2.75, 3.05) is 38.1 Å². The first-order valence-electron chi connectivity index (χ1n) is 11.8. The number of hydrogen-bond donors (Lipinski definition) is 1. The molecule has 34 heavy (non-hydrogen) atoms. The van der Waals surface area contributed by atoms with E-state index >= 15 is 0 Å². The van der Waals surface area contributed by atoms with Crippen LogP contribution >= 0.6 is 0 Å². The third-order valence-corrected chi connectivity index (χ3v) is 6.35. The molecule has 0 unspecified atom stereocenters. The molecule has 1 amide bonds. The molecular weight excluding hydrogens is 424 g/mol. The summed E-state index contributed by atoms with van der Waals surface area (Å²) in [5.74, 6) is 1.90. The number of anilines is 1. The number of para-hydroxylation sites is 3. The Morgan fingerprint density at radius 2 is 1.71 bits per heavy atom. The minimum absolute atomic E-state index is 0.00909. The fraction of sp³-hybridized carbons (Fsp3) is 0.296. The number of imidazole rings is 1. The normalized spacial score (nSPS) is 14.4. The summed E-state index contributed by atoms with van der Waals surface area (Å²) in [4.78, 5) is 26.7. The minimum atomic E-state index is 0.00909. The predicted octanol–water partition coefficient (Wildman–Crippen LogP) is 3.42. The van der Waals surface area contributed by atoms with Gasteiger partial charge in [0.2, 0.25) is 5.91 Å². The number of likely N-dealkylation sites (N-methyl/N-ethyl adjacent to an activating group) is 1. The predicted molar refractivity (Wildman–Crippen MR) is 135 cm³/mol. The largest absolute Gasteiger partial charge is 0.354 e. The van der Waals surface area contributed by atoms with Crippen molar-refractivity contribution in [3.05, 3.63) is 84.3 Å². The van der Waals surface area contributed by atoms with Gasteiger partial charge in [-0.1, -0.05) is 36.4 Å². The van der Waals surface area contributed by atoms with E-state index in [-0.39, 0.29) is 5.91 Å². The number of aryl methyl sites for hydroxylation is 1. The van der Waals surface area contributed by atoms with Crippen molar-refractivity contribution < 1.29 is 4.79 Å². The summed E-state index contributed by atoms with van der Waals surface area (Å²) >= 11 is 0. The smallest absolute Gasteiger partial charge is 0.220 e. The standard InChI is InChI=1S/C27H30N6O/c1-31-15-17-32(18-16-31)25-12-11-21(19-28-25)20-29-27(34)14-13-26-30-23-9-5-6-10-24(23)33(26)22-7-3-2-4-8-22/h2-12,19H,13-18,20H2,1H3,(H,29,34). The monoisotopic (exact) mass is 454 g/mol. The Labute approximate surface area is 200 Å². The maximum atomic E-state index is 12.6. The number of carbonyl (C=O) groups is 1. The number of nitrogens with one attached hydrogen (secondary N) is 1. The third-order valence-electron chi connectivity index (χ3n) is 6.35. The molecule has 5 rings (SSSR count). The molecule has 4 aromatic rings. The fourth-order valence-electron chi connectivity index (χ4n) is 4.37. The average Bonchev–Trinajstić information content (AvgIpc) is 3.26. The number of carbonyl (C=O) groups excluding carboxylic acids is 1. The van der Waals surface area contributed by atoms with E-state index in [4.69, 9.17) is 4.98 Å². The van der Waals surface area contributed by atoms with E-state index in [0.717, 1.165) is 60.1 Å². The molecule has 1 fully saturated rings. The summed E-state index contributed by atoms with van der Waals surface area (Å²) in [6, 6.07) is 22.4. The van der Waals surface area contributed by atoms with Gasteiger partial charge in [0, 0.05) is 57.4 Å². The van der Waals surface area contributed by atoms with Crippen molar-refractivity contribution in [1.82, 2.24) is 24.8 Å². The van der Waals surface area contributed by atoms with Gasteiger partial charge in [-0.05, 0) is 42.9 Å². The van der Waals surface area contributed by atoms with Crippen LogP contribution in [0.1, 0.15) is 17.8 Å². The Hall–Kier alpha value is -3.71. The topological polar surface area (TPSA) is 66.3 Å². The van der Waals surface area contributed by atoms with Gasteiger partial charge in [0.15, 0.2) is 0 Å². The number of aromatic nitrogens is 3. The highest BCUT2D eigenvalue weighted by Crippen LogP contribution is 2.22. The van der Waals surface area contributed by atoms with Crippen LogP contribution in [0.15, 0.2) is 72.9 Å². The Bertz CT molecular complexity index is 1240. The van der Waals surface area contributed by atoms with Crippen LogP contribution in [0.2, 0.25) is 0 Å². The molecule has 1 aliphatic heterocycles. The van der Waals surface area contributed by atoms with Crippen molar-refractivity contribution in [2.24, 2.45) is 0 Å². The van der Waals surface area contributed by atoms with Crippen LogP contribution in [0.5, 0.6) is 0 Å². The molecule has 0 bridgehead atoms. The van der Waals surface area contributed by atoms with Crippen molar-refractivity contribution in [1.29, 1.82) is 0 Å². The molecule has 1 N–H and O–H groups in total. The molecule has 0 spiro atoms. The molecule has 0 radical (unpaired) electrons. The number of nitrogens with zero attached hydrogens (tertiary/aromatic N) is 5. The number of pyridine rings is 1. The Morgan fingerprint density at radius 3 is 2.47 bits per heavy atom. The lowest BCUT2D eigenvalue weighted by Crippen LogP contribution is -2.44. The number of benzene rings is 2. The highest BCUT2D eigenvalue weighted by Gasteiger charge is 2.16. The summed E-state index contributed by atoms with van der Waals surface area (Å²) in [6.07, 6.45) is 2.81. The van der Waals surface area contributed by atoms with E-state index in [9.17, 15) is 4.79 Å². The SMILES string of the molecule is CN1CCN(c2ccc(CNC(=O)CCc3nc4ccccc4n3-c3ccccc3)cn2)CC1. The summed E-state index contributed by atoms with van der Waals surface area (Å²) in [7, 11) is 2.15. The van der Waals surface area contributed by atoms with E-state index < -0.39 is 0 Å². The van der Waals surface area contributed by atoms with Gasteiger partial charge < -0.3 is 15.1 Å². The van der Waals surface area contributed by atoms with Gasteiger partial charge in [-0.2, -0.15) is 0 Å². The zero-order valence-electron chi connectivity index (χ0n) is 19.5. The average molecular weight is 455 g/mol. The highest BCUT2D eigenvalue weighted by atomic mass is 16.1. The Morgan fingerprint density at radius 1 is 0.941 bits per heavy atom. The fourth-order valence-corrected chi connectivity index (χ4v) is 4.37. The first-order valence-corrected chi connectivity index (χ1v) is 11.8. The van der Waals surface area contributed by atoms with Gasteiger partial charge in [0.25, 0.3) is 0 Å².